The normalized spacial score (nSPS) is 10.7. The number of carbonyl (C=O) groups excluding carboxylic acids is 1. The average molecular weight is 340 g/mol. The van der Waals surface area contributed by atoms with Crippen molar-refractivity contribution in [3.63, 3.8) is 0 Å². The van der Waals surface area contributed by atoms with E-state index in [1.807, 2.05) is 30.3 Å². The molecular formula is C21H24O4. The molecule has 0 aromatic heterocycles. The van der Waals surface area contributed by atoms with Gasteiger partial charge in [0.25, 0.3) is 0 Å². The summed E-state index contributed by atoms with van der Waals surface area (Å²) in [6.07, 6.45) is 5.29. The Morgan fingerprint density at radius 3 is 2.36 bits per heavy atom. The fourth-order valence-corrected chi connectivity index (χ4v) is 2.31. The van der Waals surface area contributed by atoms with Crippen LogP contribution in [0.5, 0.6) is 17.2 Å². The van der Waals surface area contributed by atoms with Gasteiger partial charge < -0.3 is 14.2 Å². The van der Waals surface area contributed by atoms with Crippen molar-refractivity contribution in [3.05, 3.63) is 59.7 Å². The molecule has 0 saturated heterocycles. The van der Waals surface area contributed by atoms with Crippen LogP contribution in [0.4, 0.5) is 0 Å². The first-order valence-corrected chi connectivity index (χ1v) is 8.35. The molecule has 2 aromatic carbocycles. The van der Waals surface area contributed by atoms with Gasteiger partial charge in [0.05, 0.1) is 26.4 Å². The molecule has 132 valence electrons. The first kappa shape index (κ1) is 18.6. The van der Waals surface area contributed by atoms with Crippen molar-refractivity contribution >= 4 is 11.9 Å². The van der Waals surface area contributed by atoms with Crippen LogP contribution in [0.3, 0.4) is 0 Å². The van der Waals surface area contributed by atoms with E-state index in [2.05, 4.69) is 6.92 Å². The van der Waals surface area contributed by atoms with Gasteiger partial charge in [-0.25, -0.2) is 0 Å². The molecule has 0 saturated carbocycles. The smallest absolute Gasteiger partial charge is 0.189 e. The predicted molar refractivity (Wildman–Crippen MR) is 99.8 cm³/mol. The Morgan fingerprint density at radius 2 is 1.72 bits per heavy atom. The number of hydrogen-bond donors (Lipinski definition) is 0. The van der Waals surface area contributed by atoms with Crippen LogP contribution in [-0.4, -0.2) is 26.6 Å². The van der Waals surface area contributed by atoms with Gasteiger partial charge in [0.2, 0.25) is 0 Å². The highest BCUT2D eigenvalue weighted by molar-refractivity contribution is 6.08. The lowest BCUT2D eigenvalue weighted by molar-refractivity contribution is 0.104. The van der Waals surface area contributed by atoms with Crippen LogP contribution in [0.25, 0.3) is 6.08 Å². The minimum absolute atomic E-state index is 0.103. The summed E-state index contributed by atoms with van der Waals surface area (Å²) >= 11 is 0. The molecule has 0 radical (unpaired) electrons. The minimum Gasteiger partial charge on any atom is -0.497 e. The molecule has 4 nitrogen and oxygen atoms in total. The molecule has 0 aliphatic heterocycles. The minimum atomic E-state index is -0.103. The zero-order valence-electron chi connectivity index (χ0n) is 15.0. The molecule has 0 unspecified atom stereocenters. The summed E-state index contributed by atoms with van der Waals surface area (Å²) in [6, 6.07) is 12.8. The van der Waals surface area contributed by atoms with Gasteiger partial charge in [0, 0.05) is 6.07 Å². The summed E-state index contributed by atoms with van der Waals surface area (Å²) in [4.78, 5) is 12.6. The van der Waals surface area contributed by atoms with E-state index in [1.165, 1.54) is 6.08 Å². The lowest BCUT2D eigenvalue weighted by Crippen LogP contribution is -2.03. The molecule has 4 heteroatoms. The van der Waals surface area contributed by atoms with Crippen molar-refractivity contribution in [2.75, 3.05) is 20.8 Å². The highest BCUT2D eigenvalue weighted by Gasteiger charge is 2.09. The first-order valence-electron chi connectivity index (χ1n) is 8.35. The Kier molecular flexibility index (Phi) is 7.08. The number of para-hydroxylation sites is 1. The Bertz CT molecular complexity index is 712. The number of carbonyl (C=O) groups is 1. The van der Waals surface area contributed by atoms with E-state index in [0.717, 1.165) is 18.4 Å². The molecule has 0 heterocycles. The van der Waals surface area contributed by atoms with Crippen molar-refractivity contribution in [1.29, 1.82) is 0 Å². The summed E-state index contributed by atoms with van der Waals surface area (Å²) in [6.45, 7) is 2.71. The van der Waals surface area contributed by atoms with Crippen LogP contribution in [-0.2, 0) is 0 Å². The van der Waals surface area contributed by atoms with Crippen molar-refractivity contribution in [2.45, 2.75) is 19.8 Å². The third-order valence-corrected chi connectivity index (χ3v) is 3.71. The summed E-state index contributed by atoms with van der Waals surface area (Å²) in [5.74, 6) is 1.87. The Balaban J connectivity index is 2.18. The number of ketones is 1. The molecule has 0 atom stereocenters. The van der Waals surface area contributed by atoms with Gasteiger partial charge in [-0.2, -0.15) is 0 Å². The van der Waals surface area contributed by atoms with Gasteiger partial charge in [0.1, 0.15) is 17.2 Å². The van der Waals surface area contributed by atoms with Gasteiger partial charge in [0.15, 0.2) is 5.78 Å². The summed E-state index contributed by atoms with van der Waals surface area (Å²) < 4.78 is 16.2. The second kappa shape index (κ2) is 9.52. The number of methoxy groups -OCH3 is 2. The lowest BCUT2D eigenvalue weighted by Gasteiger charge is -2.09. The summed E-state index contributed by atoms with van der Waals surface area (Å²) in [7, 11) is 3.19. The largest absolute Gasteiger partial charge is 0.497 e. The predicted octanol–water partition coefficient (Wildman–Crippen LogP) is 4.78. The maximum absolute atomic E-state index is 12.6. The van der Waals surface area contributed by atoms with Crippen LogP contribution < -0.4 is 14.2 Å². The third-order valence-electron chi connectivity index (χ3n) is 3.71. The molecule has 2 rings (SSSR count). The second-order valence-electron chi connectivity index (χ2n) is 5.54. The molecule has 0 fully saturated rings. The van der Waals surface area contributed by atoms with Crippen molar-refractivity contribution < 1.29 is 19.0 Å². The topological polar surface area (TPSA) is 44.8 Å². The van der Waals surface area contributed by atoms with Gasteiger partial charge in [-0.3, -0.25) is 4.79 Å². The second-order valence-corrected chi connectivity index (χ2v) is 5.54. The molecule has 0 aliphatic carbocycles. The van der Waals surface area contributed by atoms with Crippen LogP contribution in [0.2, 0.25) is 0 Å². The maximum Gasteiger partial charge on any atom is 0.189 e. The van der Waals surface area contributed by atoms with Crippen molar-refractivity contribution in [3.8, 4) is 17.2 Å². The molecule has 25 heavy (non-hydrogen) atoms. The average Bonchev–Trinajstić information content (AvgIpc) is 2.66. The van der Waals surface area contributed by atoms with Gasteiger partial charge in [-0.05, 0) is 42.3 Å². The van der Waals surface area contributed by atoms with Crippen LogP contribution in [0.1, 0.15) is 35.7 Å². The van der Waals surface area contributed by atoms with E-state index >= 15 is 0 Å². The molecule has 0 aliphatic rings. The van der Waals surface area contributed by atoms with Crippen molar-refractivity contribution in [2.24, 2.45) is 0 Å². The number of unbranched alkanes of at least 4 members (excludes halogenated alkanes) is 1. The fourth-order valence-electron chi connectivity index (χ4n) is 2.31. The summed E-state index contributed by atoms with van der Waals surface area (Å²) in [5.41, 5.74) is 1.39. The number of hydrogen-bond acceptors (Lipinski definition) is 4. The standard InChI is InChI=1S/C21H24O4/c1-4-5-12-25-21-9-7-6-8-19(21)20(22)11-10-16-13-17(23-2)15-18(14-16)24-3/h6-11,13-15H,4-5,12H2,1-3H3/b11-10+. The van der Waals surface area contributed by atoms with E-state index in [-0.39, 0.29) is 5.78 Å². The SMILES string of the molecule is CCCCOc1ccccc1C(=O)/C=C/c1cc(OC)cc(OC)c1. The van der Waals surface area contributed by atoms with Crippen LogP contribution in [0, 0.1) is 0 Å². The maximum atomic E-state index is 12.6. The van der Waals surface area contributed by atoms with E-state index in [9.17, 15) is 4.79 Å². The van der Waals surface area contributed by atoms with Crippen LogP contribution in [0.15, 0.2) is 48.5 Å². The lowest BCUT2D eigenvalue weighted by atomic mass is 10.1. The molecule has 0 amide bonds. The molecule has 0 N–H and O–H groups in total. The quantitative estimate of drug-likeness (QED) is 0.374. The van der Waals surface area contributed by atoms with E-state index in [1.54, 1.807) is 32.4 Å². The highest BCUT2D eigenvalue weighted by atomic mass is 16.5. The summed E-state index contributed by atoms with van der Waals surface area (Å²) in [5, 5.41) is 0. The zero-order valence-corrected chi connectivity index (χ0v) is 15.0. The Hall–Kier alpha value is -2.75. The molecule has 0 bridgehead atoms. The van der Waals surface area contributed by atoms with Crippen molar-refractivity contribution in [1.82, 2.24) is 0 Å². The zero-order chi connectivity index (χ0) is 18.1. The molecule has 0 spiro atoms. The number of ether oxygens (including phenoxy) is 3. The van der Waals surface area contributed by atoms with Crippen LogP contribution >= 0.6 is 0 Å². The van der Waals surface area contributed by atoms with Gasteiger partial charge >= 0.3 is 0 Å². The highest BCUT2D eigenvalue weighted by Crippen LogP contribution is 2.24. The monoisotopic (exact) mass is 340 g/mol. The van der Waals surface area contributed by atoms with E-state index in [4.69, 9.17) is 14.2 Å². The third kappa shape index (κ3) is 5.38. The number of rotatable bonds is 9. The molecular weight excluding hydrogens is 316 g/mol. The fraction of sp³-hybridized carbons (Fsp3) is 0.286. The number of allylic oxidation sites excluding steroid dienone is 1. The Labute approximate surface area is 149 Å². The number of benzene rings is 2. The van der Waals surface area contributed by atoms with Gasteiger partial charge in [-0.15, -0.1) is 0 Å². The molecule has 2 aromatic rings. The van der Waals surface area contributed by atoms with Gasteiger partial charge in [-0.1, -0.05) is 31.6 Å². The van der Waals surface area contributed by atoms with E-state index in [0.29, 0.717) is 29.4 Å². The Morgan fingerprint density at radius 1 is 1.04 bits per heavy atom. The first-order chi connectivity index (χ1) is 12.2. The van der Waals surface area contributed by atoms with E-state index < -0.39 is 0 Å².